The molecule has 0 unspecified atom stereocenters. The minimum Gasteiger partial charge on any atom is -0.383 e. The highest BCUT2D eigenvalue weighted by Crippen LogP contribution is 2.35. The Morgan fingerprint density at radius 2 is 1.94 bits per heavy atom. The van der Waals surface area contributed by atoms with E-state index in [9.17, 15) is 0 Å². The summed E-state index contributed by atoms with van der Waals surface area (Å²) in [6.45, 7) is 4.10. The highest BCUT2D eigenvalue weighted by Gasteiger charge is 2.18. The number of nitrogens with two attached hydrogens (primary N) is 1. The summed E-state index contributed by atoms with van der Waals surface area (Å²) >= 11 is 1.90. The molecule has 1 heterocycles. The van der Waals surface area contributed by atoms with Crippen molar-refractivity contribution in [3.8, 4) is 0 Å². The number of hydrogen-bond donors (Lipinski definition) is 1. The molecule has 0 amide bonds. The standard InChI is InChI=1S/C13H21N3S/c1-3-11-15-12(14)9(2)13(16-11)17-10-7-5-4-6-8-10/h10H,3-8H2,1-2H3,(H2,14,15,16). The average Bonchev–Trinajstić information content (AvgIpc) is 2.36. The predicted octanol–water partition coefficient (Wildman–Crippen LogP) is 3.35. The van der Waals surface area contributed by atoms with Gasteiger partial charge in [0.2, 0.25) is 0 Å². The van der Waals surface area contributed by atoms with Crippen LogP contribution in [0.2, 0.25) is 0 Å². The summed E-state index contributed by atoms with van der Waals surface area (Å²) in [6.07, 6.45) is 7.59. The van der Waals surface area contributed by atoms with Crippen molar-refractivity contribution in [1.29, 1.82) is 0 Å². The Labute approximate surface area is 108 Å². The van der Waals surface area contributed by atoms with E-state index in [0.29, 0.717) is 5.82 Å². The van der Waals surface area contributed by atoms with Crippen LogP contribution in [0, 0.1) is 6.92 Å². The number of anilines is 1. The summed E-state index contributed by atoms with van der Waals surface area (Å²) in [5, 5.41) is 1.82. The molecule has 0 aromatic carbocycles. The van der Waals surface area contributed by atoms with Crippen molar-refractivity contribution >= 4 is 17.6 Å². The molecule has 3 nitrogen and oxygen atoms in total. The molecule has 1 aromatic rings. The van der Waals surface area contributed by atoms with Gasteiger partial charge in [0.05, 0.1) is 0 Å². The lowest BCUT2D eigenvalue weighted by molar-refractivity contribution is 0.515. The van der Waals surface area contributed by atoms with Gasteiger partial charge in [-0.3, -0.25) is 0 Å². The smallest absolute Gasteiger partial charge is 0.131 e. The Morgan fingerprint density at radius 1 is 1.24 bits per heavy atom. The van der Waals surface area contributed by atoms with E-state index in [1.54, 1.807) is 0 Å². The van der Waals surface area contributed by atoms with Gasteiger partial charge in [0.1, 0.15) is 16.7 Å². The minimum absolute atomic E-state index is 0.648. The van der Waals surface area contributed by atoms with E-state index in [2.05, 4.69) is 16.9 Å². The molecule has 0 saturated heterocycles. The molecule has 0 radical (unpaired) electrons. The molecule has 1 saturated carbocycles. The van der Waals surface area contributed by atoms with Gasteiger partial charge in [-0.15, -0.1) is 11.8 Å². The van der Waals surface area contributed by atoms with Gasteiger partial charge in [-0.25, -0.2) is 9.97 Å². The van der Waals surface area contributed by atoms with Gasteiger partial charge in [-0.1, -0.05) is 26.2 Å². The highest BCUT2D eigenvalue weighted by molar-refractivity contribution is 7.99. The first-order valence-corrected chi connectivity index (χ1v) is 7.38. The van der Waals surface area contributed by atoms with Crippen molar-refractivity contribution < 1.29 is 0 Å². The van der Waals surface area contributed by atoms with E-state index in [-0.39, 0.29) is 0 Å². The van der Waals surface area contributed by atoms with Crippen LogP contribution in [0.4, 0.5) is 5.82 Å². The molecule has 2 N–H and O–H groups in total. The molecular weight excluding hydrogens is 230 g/mol. The van der Waals surface area contributed by atoms with E-state index in [1.165, 1.54) is 32.1 Å². The summed E-state index contributed by atoms with van der Waals surface area (Å²) in [6, 6.07) is 0. The molecule has 0 bridgehead atoms. The van der Waals surface area contributed by atoms with Crippen LogP contribution in [0.3, 0.4) is 0 Å². The summed E-state index contributed by atoms with van der Waals surface area (Å²) in [5.41, 5.74) is 6.99. The van der Waals surface area contributed by atoms with E-state index in [4.69, 9.17) is 5.73 Å². The van der Waals surface area contributed by atoms with Gasteiger partial charge >= 0.3 is 0 Å². The van der Waals surface area contributed by atoms with Crippen molar-refractivity contribution in [3.05, 3.63) is 11.4 Å². The Balaban J connectivity index is 2.15. The monoisotopic (exact) mass is 251 g/mol. The molecule has 1 aliphatic rings. The van der Waals surface area contributed by atoms with Crippen LogP contribution in [-0.4, -0.2) is 15.2 Å². The quantitative estimate of drug-likeness (QED) is 0.837. The topological polar surface area (TPSA) is 51.8 Å². The van der Waals surface area contributed by atoms with Crippen LogP contribution in [0.25, 0.3) is 0 Å². The third kappa shape index (κ3) is 3.12. The van der Waals surface area contributed by atoms with Crippen LogP contribution in [0.1, 0.15) is 50.4 Å². The van der Waals surface area contributed by atoms with Crippen molar-refractivity contribution in [1.82, 2.24) is 9.97 Å². The Bertz CT molecular complexity index is 386. The normalized spacial score (nSPS) is 17.3. The lowest BCUT2D eigenvalue weighted by Crippen LogP contribution is -2.10. The predicted molar refractivity (Wildman–Crippen MR) is 73.3 cm³/mol. The molecule has 1 aliphatic carbocycles. The molecule has 17 heavy (non-hydrogen) atoms. The number of thioether (sulfide) groups is 1. The summed E-state index contributed by atoms with van der Waals surface area (Å²) in [7, 11) is 0. The second kappa shape index (κ2) is 5.71. The number of aryl methyl sites for hydroxylation is 1. The van der Waals surface area contributed by atoms with Crippen LogP contribution < -0.4 is 5.73 Å². The van der Waals surface area contributed by atoms with Gasteiger partial charge in [0.25, 0.3) is 0 Å². The molecule has 0 spiro atoms. The first-order valence-electron chi connectivity index (χ1n) is 6.50. The zero-order valence-electron chi connectivity index (χ0n) is 10.7. The maximum atomic E-state index is 5.94. The van der Waals surface area contributed by atoms with Gasteiger partial charge in [0, 0.05) is 17.2 Å². The van der Waals surface area contributed by atoms with Crippen LogP contribution in [-0.2, 0) is 6.42 Å². The van der Waals surface area contributed by atoms with E-state index >= 15 is 0 Å². The SMILES string of the molecule is CCc1nc(N)c(C)c(SC2CCCCC2)n1. The average molecular weight is 251 g/mol. The lowest BCUT2D eigenvalue weighted by atomic mass is 10.0. The first kappa shape index (κ1) is 12.7. The second-order valence-electron chi connectivity index (χ2n) is 4.69. The van der Waals surface area contributed by atoms with Gasteiger partial charge in [-0.05, 0) is 19.8 Å². The molecule has 94 valence electrons. The Hall–Kier alpha value is -0.770. The second-order valence-corrected chi connectivity index (χ2v) is 5.98. The van der Waals surface area contributed by atoms with Crippen LogP contribution in [0.5, 0.6) is 0 Å². The van der Waals surface area contributed by atoms with Crippen molar-refractivity contribution in [3.63, 3.8) is 0 Å². The minimum atomic E-state index is 0.648. The fourth-order valence-corrected chi connectivity index (χ4v) is 3.50. The van der Waals surface area contributed by atoms with Crippen LogP contribution >= 0.6 is 11.8 Å². The van der Waals surface area contributed by atoms with Crippen molar-refractivity contribution in [2.24, 2.45) is 0 Å². The number of hydrogen-bond acceptors (Lipinski definition) is 4. The molecule has 2 rings (SSSR count). The Morgan fingerprint density at radius 3 is 2.59 bits per heavy atom. The van der Waals surface area contributed by atoms with E-state index in [0.717, 1.165) is 28.1 Å². The van der Waals surface area contributed by atoms with Gasteiger partial charge < -0.3 is 5.73 Å². The van der Waals surface area contributed by atoms with E-state index in [1.807, 2.05) is 18.7 Å². The Kier molecular flexibility index (Phi) is 4.26. The number of rotatable bonds is 3. The largest absolute Gasteiger partial charge is 0.383 e. The summed E-state index contributed by atoms with van der Waals surface area (Å²) in [4.78, 5) is 8.92. The number of aromatic nitrogens is 2. The third-order valence-electron chi connectivity index (χ3n) is 3.33. The highest BCUT2D eigenvalue weighted by atomic mass is 32.2. The summed E-state index contributed by atoms with van der Waals surface area (Å²) < 4.78 is 0. The van der Waals surface area contributed by atoms with Crippen LogP contribution in [0.15, 0.2) is 5.03 Å². The fraction of sp³-hybridized carbons (Fsp3) is 0.692. The third-order valence-corrected chi connectivity index (χ3v) is 4.76. The number of nitrogens with zero attached hydrogens (tertiary/aromatic N) is 2. The first-order chi connectivity index (χ1) is 8.20. The van der Waals surface area contributed by atoms with E-state index < -0.39 is 0 Å². The fourth-order valence-electron chi connectivity index (χ4n) is 2.17. The number of nitrogen functional groups attached to an aromatic ring is 1. The zero-order valence-corrected chi connectivity index (χ0v) is 11.5. The van der Waals surface area contributed by atoms with Gasteiger partial charge in [0.15, 0.2) is 0 Å². The maximum Gasteiger partial charge on any atom is 0.131 e. The lowest BCUT2D eigenvalue weighted by Gasteiger charge is -2.21. The maximum absolute atomic E-state index is 5.94. The molecule has 1 fully saturated rings. The van der Waals surface area contributed by atoms with Crippen molar-refractivity contribution in [2.45, 2.75) is 62.6 Å². The summed E-state index contributed by atoms with van der Waals surface area (Å²) in [5.74, 6) is 1.52. The molecule has 0 atom stereocenters. The molecule has 0 aliphatic heterocycles. The van der Waals surface area contributed by atoms with Crippen molar-refractivity contribution in [2.75, 3.05) is 5.73 Å². The molecule has 1 aromatic heterocycles. The molecule has 4 heteroatoms. The molecular formula is C13H21N3S. The zero-order chi connectivity index (χ0) is 12.3. The van der Waals surface area contributed by atoms with Gasteiger partial charge in [-0.2, -0.15) is 0 Å².